The second-order valence-electron chi connectivity index (χ2n) is 5.37. The molecule has 1 aliphatic heterocycles. The molecule has 1 rings (SSSR count). The molecule has 0 aromatic rings. The molecule has 5 heteroatoms. The van der Waals surface area contributed by atoms with Crippen LogP contribution in [0.1, 0.15) is 46.0 Å². The highest BCUT2D eigenvalue weighted by molar-refractivity contribution is 5.76. The second-order valence-corrected chi connectivity index (χ2v) is 5.37. The summed E-state index contributed by atoms with van der Waals surface area (Å²) in [6.07, 6.45) is 4.75. The smallest absolute Gasteiger partial charge is 0.317 e. The molecule has 1 heterocycles. The molecule has 19 heavy (non-hydrogen) atoms. The van der Waals surface area contributed by atoms with Crippen LogP contribution in [0.5, 0.6) is 0 Å². The molecule has 0 aromatic heterocycles. The van der Waals surface area contributed by atoms with E-state index in [1.807, 2.05) is 11.8 Å². The third kappa shape index (κ3) is 5.09. The van der Waals surface area contributed by atoms with Gasteiger partial charge in [-0.15, -0.1) is 0 Å². The van der Waals surface area contributed by atoms with E-state index in [-0.39, 0.29) is 12.6 Å². The maximum absolute atomic E-state index is 12.0. The van der Waals surface area contributed by atoms with Crippen LogP contribution in [0.4, 0.5) is 4.79 Å². The molecule has 5 nitrogen and oxygen atoms in total. The zero-order valence-corrected chi connectivity index (χ0v) is 12.0. The lowest BCUT2D eigenvalue weighted by molar-refractivity contribution is -0.141. The predicted octanol–water partition coefficient (Wildman–Crippen LogP) is 2.32. The van der Waals surface area contributed by atoms with Gasteiger partial charge in [0.15, 0.2) is 0 Å². The van der Waals surface area contributed by atoms with Crippen molar-refractivity contribution in [2.45, 2.75) is 46.0 Å². The van der Waals surface area contributed by atoms with Crippen molar-refractivity contribution in [1.29, 1.82) is 0 Å². The summed E-state index contributed by atoms with van der Waals surface area (Å²) < 4.78 is 0. The lowest BCUT2D eigenvalue weighted by Gasteiger charge is -2.32. The number of carboxylic acids is 1. The van der Waals surface area contributed by atoms with Crippen LogP contribution >= 0.6 is 0 Å². The Labute approximate surface area is 115 Å². The topological polar surface area (TPSA) is 69.6 Å². The first-order chi connectivity index (χ1) is 9.08. The molecular formula is C14H26N2O3. The Balaban J connectivity index is 2.39. The maximum Gasteiger partial charge on any atom is 0.317 e. The molecule has 0 saturated carbocycles. The van der Waals surface area contributed by atoms with Gasteiger partial charge in [-0.1, -0.05) is 26.7 Å². The highest BCUT2D eigenvalue weighted by Crippen LogP contribution is 2.19. The Bertz CT molecular complexity index is 307. The van der Waals surface area contributed by atoms with Crippen molar-refractivity contribution in [1.82, 2.24) is 10.2 Å². The number of likely N-dealkylation sites (tertiary alicyclic amines) is 1. The van der Waals surface area contributed by atoms with E-state index in [1.54, 1.807) is 0 Å². The summed E-state index contributed by atoms with van der Waals surface area (Å²) in [5.41, 5.74) is 0. The van der Waals surface area contributed by atoms with Gasteiger partial charge in [0.25, 0.3) is 0 Å². The number of hydrogen-bond acceptors (Lipinski definition) is 2. The van der Waals surface area contributed by atoms with Gasteiger partial charge in [0.05, 0.1) is 5.92 Å². The van der Waals surface area contributed by atoms with Gasteiger partial charge in [-0.05, 0) is 25.2 Å². The molecule has 0 aliphatic carbocycles. The summed E-state index contributed by atoms with van der Waals surface area (Å²) in [4.78, 5) is 24.8. The first kappa shape index (κ1) is 15.8. The van der Waals surface area contributed by atoms with Crippen molar-refractivity contribution in [2.24, 2.45) is 11.8 Å². The van der Waals surface area contributed by atoms with Crippen molar-refractivity contribution < 1.29 is 14.7 Å². The number of urea groups is 1. The summed E-state index contributed by atoms with van der Waals surface area (Å²) in [7, 11) is 0. The highest BCUT2D eigenvalue weighted by atomic mass is 16.4. The minimum Gasteiger partial charge on any atom is -0.481 e. The van der Waals surface area contributed by atoms with E-state index in [0.717, 1.165) is 32.4 Å². The van der Waals surface area contributed by atoms with E-state index in [1.165, 1.54) is 6.42 Å². The number of hydrogen-bond donors (Lipinski definition) is 2. The fraction of sp³-hybridized carbons (Fsp3) is 0.857. The van der Waals surface area contributed by atoms with E-state index < -0.39 is 11.9 Å². The fourth-order valence-electron chi connectivity index (χ4n) is 2.57. The number of nitrogens with one attached hydrogen (secondary N) is 1. The highest BCUT2D eigenvalue weighted by Gasteiger charge is 2.24. The third-order valence-corrected chi connectivity index (χ3v) is 3.87. The molecule has 1 saturated heterocycles. The van der Waals surface area contributed by atoms with E-state index in [0.29, 0.717) is 12.3 Å². The third-order valence-electron chi connectivity index (χ3n) is 3.87. The second kappa shape index (κ2) is 8.02. The lowest BCUT2D eigenvalue weighted by atomic mass is 9.96. The van der Waals surface area contributed by atoms with Crippen LogP contribution in [0.15, 0.2) is 0 Å². The van der Waals surface area contributed by atoms with E-state index in [4.69, 9.17) is 5.11 Å². The number of carbonyl (C=O) groups excluding carboxylic acids is 1. The molecule has 2 unspecified atom stereocenters. The zero-order chi connectivity index (χ0) is 14.3. The lowest BCUT2D eigenvalue weighted by Crippen LogP contribution is -2.47. The van der Waals surface area contributed by atoms with Crippen molar-refractivity contribution in [3.05, 3.63) is 0 Å². The Kier molecular flexibility index (Phi) is 6.67. The first-order valence-corrected chi connectivity index (χ1v) is 7.34. The average Bonchev–Trinajstić information content (AvgIpc) is 2.42. The van der Waals surface area contributed by atoms with Crippen molar-refractivity contribution in [3.8, 4) is 0 Å². The number of piperidine rings is 1. The Morgan fingerprint density at radius 2 is 2.16 bits per heavy atom. The minimum absolute atomic E-state index is 0.111. The SMILES string of the molecule is CCCC(CNC(=O)N1CCCC(CC)C1)C(=O)O. The van der Waals surface area contributed by atoms with Gasteiger partial charge in [0.2, 0.25) is 0 Å². The Morgan fingerprint density at radius 1 is 1.42 bits per heavy atom. The van der Waals surface area contributed by atoms with Gasteiger partial charge in [-0.3, -0.25) is 4.79 Å². The average molecular weight is 270 g/mol. The molecule has 0 spiro atoms. The van der Waals surface area contributed by atoms with Gasteiger partial charge in [-0.2, -0.15) is 0 Å². The van der Waals surface area contributed by atoms with Crippen molar-refractivity contribution >= 4 is 12.0 Å². The summed E-state index contributed by atoms with van der Waals surface area (Å²) in [5.74, 6) is -0.710. The van der Waals surface area contributed by atoms with Crippen LogP contribution < -0.4 is 5.32 Å². The molecule has 0 aromatic carbocycles. The molecule has 0 radical (unpaired) electrons. The van der Waals surface area contributed by atoms with Crippen LogP contribution in [0.2, 0.25) is 0 Å². The number of carboxylic acid groups (broad SMARTS) is 1. The van der Waals surface area contributed by atoms with E-state index in [2.05, 4.69) is 12.2 Å². The van der Waals surface area contributed by atoms with Crippen molar-refractivity contribution in [3.63, 3.8) is 0 Å². The Morgan fingerprint density at radius 3 is 2.74 bits per heavy atom. The van der Waals surface area contributed by atoms with Crippen LogP contribution in [-0.2, 0) is 4.79 Å². The molecule has 2 amide bonds. The van der Waals surface area contributed by atoms with Gasteiger partial charge < -0.3 is 15.3 Å². The van der Waals surface area contributed by atoms with Gasteiger partial charge in [0.1, 0.15) is 0 Å². The minimum atomic E-state index is -0.827. The molecule has 1 aliphatic rings. The number of carbonyl (C=O) groups is 2. The van der Waals surface area contributed by atoms with Crippen LogP contribution in [-0.4, -0.2) is 41.6 Å². The maximum atomic E-state index is 12.0. The first-order valence-electron chi connectivity index (χ1n) is 7.34. The molecule has 110 valence electrons. The predicted molar refractivity (Wildman–Crippen MR) is 74.0 cm³/mol. The largest absolute Gasteiger partial charge is 0.481 e. The molecule has 2 atom stereocenters. The van der Waals surface area contributed by atoms with Gasteiger partial charge >= 0.3 is 12.0 Å². The molecular weight excluding hydrogens is 244 g/mol. The fourth-order valence-corrected chi connectivity index (χ4v) is 2.57. The molecule has 0 bridgehead atoms. The van der Waals surface area contributed by atoms with Crippen molar-refractivity contribution in [2.75, 3.05) is 19.6 Å². The summed E-state index contributed by atoms with van der Waals surface area (Å²) in [5, 5.41) is 11.8. The molecule has 2 N–H and O–H groups in total. The summed E-state index contributed by atoms with van der Waals surface area (Å²) in [6.45, 7) is 5.92. The van der Waals surface area contributed by atoms with Gasteiger partial charge in [-0.25, -0.2) is 4.79 Å². The summed E-state index contributed by atoms with van der Waals surface area (Å²) in [6, 6.07) is -0.111. The van der Waals surface area contributed by atoms with Crippen LogP contribution in [0, 0.1) is 11.8 Å². The summed E-state index contributed by atoms with van der Waals surface area (Å²) >= 11 is 0. The zero-order valence-electron chi connectivity index (χ0n) is 12.0. The van der Waals surface area contributed by atoms with Gasteiger partial charge in [0, 0.05) is 19.6 Å². The van der Waals surface area contributed by atoms with E-state index >= 15 is 0 Å². The number of aliphatic carboxylic acids is 1. The Hall–Kier alpha value is -1.26. The standard InChI is InChI=1S/C14H26N2O3/c1-3-6-12(13(17)18)9-15-14(19)16-8-5-7-11(4-2)10-16/h11-12H,3-10H2,1-2H3,(H,15,19)(H,17,18). The quantitative estimate of drug-likeness (QED) is 0.778. The van der Waals surface area contributed by atoms with Crippen LogP contribution in [0.3, 0.4) is 0 Å². The van der Waals surface area contributed by atoms with Crippen LogP contribution in [0.25, 0.3) is 0 Å². The number of amides is 2. The van der Waals surface area contributed by atoms with E-state index in [9.17, 15) is 9.59 Å². The normalized spacial score (nSPS) is 20.9. The monoisotopic (exact) mass is 270 g/mol. The number of rotatable bonds is 6. The molecule has 1 fully saturated rings. The number of nitrogens with zero attached hydrogens (tertiary/aromatic N) is 1.